The molecule has 0 saturated carbocycles. The van der Waals surface area contributed by atoms with Crippen LogP contribution in [0.5, 0.6) is 0 Å². The molecule has 3 rings (SSSR count). The summed E-state index contributed by atoms with van der Waals surface area (Å²) < 4.78 is 0. The number of nitrogens with one attached hydrogen (secondary N) is 1. The fourth-order valence-corrected chi connectivity index (χ4v) is 3.49. The van der Waals surface area contributed by atoms with Crippen LogP contribution in [0.3, 0.4) is 0 Å². The molecule has 0 bridgehead atoms. The zero-order chi connectivity index (χ0) is 11.5. The fourth-order valence-electron chi connectivity index (χ4n) is 2.55. The second-order valence-corrected chi connectivity index (χ2v) is 5.58. The molecule has 1 aliphatic heterocycles. The maximum absolute atomic E-state index is 3.64. The van der Waals surface area contributed by atoms with Crippen LogP contribution in [0.25, 0.3) is 0 Å². The lowest BCUT2D eigenvalue weighted by atomic mass is 9.96. The molecular formula is C15H17NS. The summed E-state index contributed by atoms with van der Waals surface area (Å²) in [6.07, 6.45) is 3.57. The van der Waals surface area contributed by atoms with Crippen LogP contribution in [0, 0.1) is 0 Å². The number of hydrogen-bond acceptors (Lipinski definition) is 2. The lowest BCUT2D eigenvalue weighted by Gasteiger charge is -2.24. The van der Waals surface area contributed by atoms with E-state index in [2.05, 4.69) is 47.1 Å². The lowest BCUT2D eigenvalue weighted by Crippen LogP contribution is -2.28. The van der Waals surface area contributed by atoms with Gasteiger partial charge in [0.2, 0.25) is 0 Å². The molecule has 17 heavy (non-hydrogen) atoms. The van der Waals surface area contributed by atoms with E-state index in [0.717, 1.165) is 13.0 Å². The number of rotatable bonds is 3. The molecule has 1 atom stereocenters. The monoisotopic (exact) mass is 243 g/mol. The van der Waals surface area contributed by atoms with Crippen molar-refractivity contribution in [3.63, 3.8) is 0 Å². The standard InChI is InChI=1S/C15H17NS/c1-2-4-12(5-3-1)6-7-14-13-9-11-17-15(13)8-10-16-14/h1-5,9,11,14,16H,6-8,10H2. The summed E-state index contributed by atoms with van der Waals surface area (Å²) in [6, 6.07) is 13.6. The minimum atomic E-state index is 0.560. The highest BCUT2D eigenvalue weighted by atomic mass is 32.1. The van der Waals surface area contributed by atoms with Crippen molar-refractivity contribution in [1.29, 1.82) is 0 Å². The van der Waals surface area contributed by atoms with Gasteiger partial charge in [0, 0.05) is 17.5 Å². The van der Waals surface area contributed by atoms with Crippen molar-refractivity contribution in [2.24, 2.45) is 0 Å². The zero-order valence-corrected chi connectivity index (χ0v) is 10.7. The molecule has 2 heterocycles. The minimum Gasteiger partial charge on any atom is -0.310 e. The second kappa shape index (κ2) is 5.03. The molecule has 0 fully saturated rings. The Hall–Kier alpha value is -1.12. The van der Waals surface area contributed by atoms with Crippen molar-refractivity contribution in [1.82, 2.24) is 5.32 Å². The van der Waals surface area contributed by atoms with E-state index in [4.69, 9.17) is 0 Å². The number of benzene rings is 1. The molecule has 1 aromatic heterocycles. The smallest absolute Gasteiger partial charge is 0.0334 e. The summed E-state index contributed by atoms with van der Waals surface area (Å²) in [5, 5.41) is 5.87. The van der Waals surface area contributed by atoms with Crippen molar-refractivity contribution in [2.45, 2.75) is 25.3 Å². The van der Waals surface area contributed by atoms with E-state index >= 15 is 0 Å². The normalized spacial score (nSPS) is 18.9. The third kappa shape index (κ3) is 2.43. The Morgan fingerprint density at radius 3 is 2.94 bits per heavy atom. The predicted octanol–water partition coefficient (Wildman–Crippen LogP) is 3.57. The molecular weight excluding hydrogens is 226 g/mol. The molecule has 2 aromatic rings. The van der Waals surface area contributed by atoms with Crippen LogP contribution in [0.1, 0.15) is 28.5 Å². The highest BCUT2D eigenvalue weighted by Gasteiger charge is 2.19. The van der Waals surface area contributed by atoms with Gasteiger partial charge < -0.3 is 5.32 Å². The summed E-state index contributed by atoms with van der Waals surface area (Å²) in [7, 11) is 0. The summed E-state index contributed by atoms with van der Waals surface area (Å²) in [4.78, 5) is 1.59. The SMILES string of the molecule is c1ccc(CCC2NCCc3sccc32)cc1. The molecule has 0 saturated heterocycles. The predicted molar refractivity (Wildman–Crippen MR) is 73.5 cm³/mol. The molecule has 1 unspecified atom stereocenters. The first-order valence-electron chi connectivity index (χ1n) is 6.27. The van der Waals surface area contributed by atoms with Crippen molar-refractivity contribution >= 4 is 11.3 Å². The topological polar surface area (TPSA) is 12.0 Å². The molecule has 1 nitrogen and oxygen atoms in total. The molecule has 1 aromatic carbocycles. The van der Waals surface area contributed by atoms with E-state index in [-0.39, 0.29) is 0 Å². The Morgan fingerprint density at radius 1 is 1.18 bits per heavy atom. The number of hydrogen-bond donors (Lipinski definition) is 1. The molecule has 0 amide bonds. The molecule has 1 N–H and O–H groups in total. The van der Waals surface area contributed by atoms with E-state index in [1.807, 2.05) is 11.3 Å². The Bertz CT molecular complexity index is 475. The largest absolute Gasteiger partial charge is 0.310 e. The van der Waals surface area contributed by atoms with Gasteiger partial charge in [0.15, 0.2) is 0 Å². The number of thiophene rings is 1. The van der Waals surface area contributed by atoms with Crippen LogP contribution in [0.15, 0.2) is 41.8 Å². The molecule has 2 heteroatoms. The van der Waals surface area contributed by atoms with E-state index in [1.165, 1.54) is 24.0 Å². The first-order valence-corrected chi connectivity index (χ1v) is 7.15. The van der Waals surface area contributed by atoms with Crippen LogP contribution < -0.4 is 5.32 Å². The van der Waals surface area contributed by atoms with Crippen molar-refractivity contribution in [2.75, 3.05) is 6.54 Å². The van der Waals surface area contributed by atoms with Crippen LogP contribution in [0.2, 0.25) is 0 Å². The van der Waals surface area contributed by atoms with Crippen molar-refractivity contribution < 1.29 is 0 Å². The summed E-state index contributed by atoms with van der Waals surface area (Å²) in [5.41, 5.74) is 2.98. The van der Waals surface area contributed by atoms with Gasteiger partial charge in [-0.05, 0) is 41.8 Å². The van der Waals surface area contributed by atoms with Crippen molar-refractivity contribution in [3.8, 4) is 0 Å². The first kappa shape index (κ1) is 11.0. The third-order valence-corrected chi connectivity index (χ3v) is 4.46. The van der Waals surface area contributed by atoms with Crippen LogP contribution in [-0.4, -0.2) is 6.54 Å². The van der Waals surface area contributed by atoms with Gasteiger partial charge in [-0.15, -0.1) is 11.3 Å². The summed E-state index contributed by atoms with van der Waals surface area (Å²) in [5.74, 6) is 0. The highest BCUT2D eigenvalue weighted by Crippen LogP contribution is 2.30. The zero-order valence-electron chi connectivity index (χ0n) is 9.86. The molecule has 0 aliphatic carbocycles. The minimum absolute atomic E-state index is 0.560. The second-order valence-electron chi connectivity index (χ2n) is 4.58. The maximum Gasteiger partial charge on any atom is 0.0334 e. The number of fused-ring (bicyclic) bond motifs is 1. The van der Waals surface area contributed by atoms with E-state index in [0.29, 0.717) is 6.04 Å². The molecule has 1 aliphatic rings. The van der Waals surface area contributed by atoms with Gasteiger partial charge in [-0.3, -0.25) is 0 Å². The Balaban J connectivity index is 1.68. The Kier molecular flexibility index (Phi) is 3.25. The highest BCUT2D eigenvalue weighted by molar-refractivity contribution is 7.10. The van der Waals surface area contributed by atoms with Gasteiger partial charge in [-0.1, -0.05) is 30.3 Å². The Labute approximate surface area is 106 Å². The van der Waals surface area contributed by atoms with E-state index in [9.17, 15) is 0 Å². The summed E-state index contributed by atoms with van der Waals surface area (Å²) in [6.45, 7) is 1.13. The van der Waals surface area contributed by atoms with Gasteiger partial charge in [0.1, 0.15) is 0 Å². The van der Waals surface area contributed by atoms with Crippen LogP contribution >= 0.6 is 11.3 Å². The van der Waals surface area contributed by atoms with E-state index in [1.54, 1.807) is 4.88 Å². The van der Waals surface area contributed by atoms with Gasteiger partial charge in [0.25, 0.3) is 0 Å². The Morgan fingerprint density at radius 2 is 2.06 bits per heavy atom. The quantitative estimate of drug-likeness (QED) is 0.869. The average Bonchev–Trinajstić information content (AvgIpc) is 2.86. The maximum atomic E-state index is 3.64. The molecule has 0 spiro atoms. The van der Waals surface area contributed by atoms with Gasteiger partial charge in [0.05, 0.1) is 0 Å². The fraction of sp³-hybridized carbons (Fsp3) is 0.333. The lowest BCUT2D eigenvalue weighted by molar-refractivity contribution is 0.480. The first-order chi connectivity index (χ1) is 8.43. The van der Waals surface area contributed by atoms with Crippen LogP contribution in [-0.2, 0) is 12.8 Å². The average molecular weight is 243 g/mol. The van der Waals surface area contributed by atoms with Crippen molar-refractivity contribution in [3.05, 3.63) is 57.8 Å². The summed E-state index contributed by atoms with van der Waals surface area (Å²) >= 11 is 1.91. The van der Waals surface area contributed by atoms with Gasteiger partial charge in [-0.2, -0.15) is 0 Å². The van der Waals surface area contributed by atoms with E-state index < -0.39 is 0 Å². The van der Waals surface area contributed by atoms with Gasteiger partial charge in [-0.25, -0.2) is 0 Å². The molecule has 88 valence electrons. The third-order valence-electron chi connectivity index (χ3n) is 3.46. The van der Waals surface area contributed by atoms with Gasteiger partial charge >= 0.3 is 0 Å². The number of aryl methyl sites for hydroxylation is 1. The van der Waals surface area contributed by atoms with Crippen LogP contribution in [0.4, 0.5) is 0 Å². The molecule has 0 radical (unpaired) electrons.